The van der Waals surface area contributed by atoms with E-state index < -0.39 is 0 Å². The summed E-state index contributed by atoms with van der Waals surface area (Å²) in [6.07, 6.45) is 3.52. The Kier molecular flexibility index (Phi) is 3.03. The van der Waals surface area contributed by atoms with Gasteiger partial charge in [-0.1, -0.05) is 0 Å². The largest absolute Gasteiger partial charge is 0.394 e. The van der Waals surface area contributed by atoms with Crippen LogP contribution in [-0.2, 0) is 9.53 Å². The van der Waals surface area contributed by atoms with Crippen molar-refractivity contribution in [2.45, 2.75) is 37.8 Å². The first-order valence-corrected chi connectivity index (χ1v) is 5.36. The van der Waals surface area contributed by atoms with Crippen molar-refractivity contribution in [3.63, 3.8) is 0 Å². The van der Waals surface area contributed by atoms with Gasteiger partial charge in [-0.05, 0) is 25.7 Å². The standard InChI is InChI=1S/C10H17NO3/c12-7-8-3-1-5-11(8)10(13)9-4-2-6-14-9/h8-9,12H,1-7H2. The van der Waals surface area contributed by atoms with Gasteiger partial charge in [0.25, 0.3) is 5.91 Å². The second-order valence-electron chi connectivity index (χ2n) is 4.01. The molecular weight excluding hydrogens is 182 g/mol. The van der Waals surface area contributed by atoms with Crippen LogP contribution in [0, 0.1) is 0 Å². The summed E-state index contributed by atoms with van der Waals surface area (Å²) in [7, 11) is 0. The van der Waals surface area contributed by atoms with Crippen LogP contribution in [0.3, 0.4) is 0 Å². The molecule has 2 heterocycles. The molecule has 80 valence electrons. The average molecular weight is 199 g/mol. The molecule has 2 fully saturated rings. The van der Waals surface area contributed by atoms with E-state index in [0.717, 1.165) is 32.2 Å². The molecular formula is C10H17NO3. The minimum Gasteiger partial charge on any atom is -0.394 e. The minimum atomic E-state index is -0.234. The lowest BCUT2D eigenvalue weighted by Crippen LogP contribution is -2.43. The fourth-order valence-electron chi connectivity index (χ4n) is 2.27. The topological polar surface area (TPSA) is 49.8 Å². The Morgan fingerprint density at radius 2 is 2.29 bits per heavy atom. The first kappa shape index (κ1) is 9.93. The molecule has 2 aliphatic heterocycles. The second-order valence-corrected chi connectivity index (χ2v) is 4.01. The van der Waals surface area contributed by atoms with Crippen LogP contribution >= 0.6 is 0 Å². The third-order valence-corrected chi connectivity index (χ3v) is 3.08. The van der Waals surface area contributed by atoms with Crippen LogP contribution in [-0.4, -0.2) is 47.8 Å². The Labute approximate surface area is 83.8 Å². The molecule has 4 nitrogen and oxygen atoms in total. The molecule has 0 bridgehead atoms. The SMILES string of the molecule is O=C(C1CCCO1)N1CCCC1CO. The van der Waals surface area contributed by atoms with Crippen molar-refractivity contribution in [2.75, 3.05) is 19.8 Å². The number of hydrogen-bond acceptors (Lipinski definition) is 3. The molecule has 4 heteroatoms. The normalized spacial score (nSPS) is 32.5. The quantitative estimate of drug-likeness (QED) is 0.688. The van der Waals surface area contributed by atoms with Crippen LogP contribution in [0.4, 0.5) is 0 Å². The van der Waals surface area contributed by atoms with Crippen molar-refractivity contribution < 1.29 is 14.6 Å². The van der Waals surface area contributed by atoms with Crippen LogP contribution in [0.1, 0.15) is 25.7 Å². The zero-order valence-corrected chi connectivity index (χ0v) is 8.32. The van der Waals surface area contributed by atoms with Gasteiger partial charge in [-0.3, -0.25) is 4.79 Å². The van der Waals surface area contributed by atoms with Gasteiger partial charge in [-0.25, -0.2) is 0 Å². The third-order valence-electron chi connectivity index (χ3n) is 3.08. The number of nitrogens with zero attached hydrogens (tertiary/aromatic N) is 1. The predicted octanol–water partition coefficient (Wildman–Crippen LogP) is 0.149. The summed E-state index contributed by atoms with van der Waals surface area (Å²) in [5, 5.41) is 9.09. The van der Waals surface area contributed by atoms with E-state index in [0.29, 0.717) is 6.61 Å². The van der Waals surface area contributed by atoms with Gasteiger partial charge in [-0.2, -0.15) is 0 Å². The Morgan fingerprint density at radius 3 is 2.93 bits per heavy atom. The fraction of sp³-hybridized carbons (Fsp3) is 0.900. The number of ether oxygens (including phenoxy) is 1. The maximum Gasteiger partial charge on any atom is 0.252 e. The van der Waals surface area contributed by atoms with Crippen molar-refractivity contribution in [2.24, 2.45) is 0 Å². The Balaban J connectivity index is 1.95. The van der Waals surface area contributed by atoms with Crippen LogP contribution in [0.2, 0.25) is 0 Å². The van der Waals surface area contributed by atoms with E-state index in [9.17, 15) is 4.79 Å². The Morgan fingerprint density at radius 1 is 1.43 bits per heavy atom. The lowest BCUT2D eigenvalue weighted by molar-refractivity contribution is -0.142. The van der Waals surface area contributed by atoms with Crippen LogP contribution in [0.15, 0.2) is 0 Å². The molecule has 0 aliphatic carbocycles. The summed E-state index contributed by atoms with van der Waals surface area (Å²) in [6, 6.07) is 0.0340. The Hall–Kier alpha value is -0.610. The lowest BCUT2D eigenvalue weighted by Gasteiger charge is -2.25. The van der Waals surface area contributed by atoms with Crippen molar-refractivity contribution in [1.29, 1.82) is 0 Å². The zero-order chi connectivity index (χ0) is 9.97. The molecule has 2 atom stereocenters. The van der Waals surface area contributed by atoms with Crippen molar-refractivity contribution >= 4 is 5.91 Å². The number of rotatable bonds is 2. The fourth-order valence-corrected chi connectivity index (χ4v) is 2.27. The molecule has 0 radical (unpaired) electrons. The van der Waals surface area contributed by atoms with E-state index in [1.165, 1.54) is 0 Å². The van der Waals surface area contributed by atoms with Crippen LogP contribution < -0.4 is 0 Å². The molecule has 2 rings (SSSR count). The second kappa shape index (κ2) is 4.28. The maximum atomic E-state index is 11.9. The monoisotopic (exact) mass is 199 g/mol. The summed E-state index contributed by atoms with van der Waals surface area (Å²) in [5.41, 5.74) is 0. The maximum absolute atomic E-state index is 11.9. The van der Waals surface area contributed by atoms with E-state index in [1.807, 2.05) is 0 Å². The van der Waals surface area contributed by atoms with Gasteiger partial charge >= 0.3 is 0 Å². The number of aliphatic hydroxyl groups is 1. The first-order chi connectivity index (χ1) is 6.83. The van der Waals surface area contributed by atoms with E-state index in [-0.39, 0.29) is 24.7 Å². The van der Waals surface area contributed by atoms with Gasteiger partial charge in [0.2, 0.25) is 0 Å². The highest BCUT2D eigenvalue weighted by Crippen LogP contribution is 2.22. The van der Waals surface area contributed by atoms with Gasteiger partial charge in [0.1, 0.15) is 6.10 Å². The molecule has 0 aromatic heterocycles. The number of carbonyl (C=O) groups is 1. The number of amides is 1. The molecule has 2 unspecified atom stereocenters. The summed E-state index contributed by atoms with van der Waals surface area (Å²) in [5.74, 6) is 0.0825. The third kappa shape index (κ3) is 1.77. The van der Waals surface area contributed by atoms with Crippen LogP contribution in [0.5, 0.6) is 0 Å². The highest BCUT2D eigenvalue weighted by Gasteiger charge is 2.34. The summed E-state index contributed by atoms with van der Waals surface area (Å²) >= 11 is 0. The van der Waals surface area contributed by atoms with Gasteiger partial charge in [0.05, 0.1) is 12.6 Å². The molecule has 2 aliphatic rings. The first-order valence-electron chi connectivity index (χ1n) is 5.36. The summed E-state index contributed by atoms with van der Waals surface area (Å²) in [6.45, 7) is 1.57. The molecule has 0 aromatic carbocycles. The lowest BCUT2D eigenvalue weighted by atomic mass is 10.2. The molecule has 1 N–H and O–H groups in total. The van der Waals surface area contributed by atoms with Gasteiger partial charge in [0.15, 0.2) is 0 Å². The molecule has 0 saturated carbocycles. The van der Waals surface area contributed by atoms with Crippen molar-refractivity contribution in [1.82, 2.24) is 4.90 Å². The van der Waals surface area contributed by atoms with Gasteiger partial charge in [-0.15, -0.1) is 0 Å². The van der Waals surface area contributed by atoms with E-state index >= 15 is 0 Å². The number of carbonyl (C=O) groups excluding carboxylic acids is 1. The molecule has 0 spiro atoms. The van der Waals surface area contributed by atoms with Gasteiger partial charge < -0.3 is 14.7 Å². The zero-order valence-electron chi connectivity index (χ0n) is 8.32. The number of hydrogen-bond donors (Lipinski definition) is 1. The van der Waals surface area contributed by atoms with Gasteiger partial charge in [0, 0.05) is 13.2 Å². The molecule has 0 aromatic rings. The number of aliphatic hydroxyl groups excluding tert-OH is 1. The highest BCUT2D eigenvalue weighted by molar-refractivity contribution is 5.81. The van der Waals surface area contributed by atoms with E-state index in [1.54, 1.807) is 4.90 Å². The van der Waals surface area contributed by atoms with E-state index in [2.05, 4.69) is 0 Å². The Bertz CT molecular complexity index is 213. The molecule has 2 saturated heterocycles. The summed E-state index contributed by atoms with van der Waals surface area (Å²) < 4.78 is 5.35. The van der Waals surface area contributed by atoms with Crippen molar-refractivity contribution in [3.8, 4) is 0 Å². The summed E-state index contributed by atoms with van der Waals surface area (Å²) in [4.78, 5) is 13.7. The minimum absolute atomic E-state index is 0.0340. The molecule has 1 amide bonds. The molecule has 14 heavy (non-hydrogen) atoms. The predicted molar refractivity (Wildman–Crippen MR) is 50.8 cm³/mol. The average Bonchev–Trinajstić information content (AvgIpc) is 2.87. The van der Waals surface area contributed by atoms with Crippen LogP contribution in [0.25, 0.3) is 0 Å². The number of likely N-dealkylation sites (tertiary alicyclic amines) is 1. The highest BCUT2D eigenvalue weighted by atomic mass is 16.5. The van der Waals surface area contributed by atoms with E-state index in [4.69, 9.17) is 9.84 Å². The smallest absolute Gasteiger partial charge is 0.252 e. The van der Waals surface area contributed by atoms with Crippen molar-refractivity contribution in [3.05, 3.63) is 0 Å².